The van der Waals surface area contributed by atoms with E-state index in [-0.39, 0.29) is 0 Å². The molecule has 0 aliphatic heterocycles. The molecule has 1 aromatic heterocycles. The molecule has 2 aromatic rings. The predicted molar refractivity (Wildman–Crippen MR) is 67.7 cm³/mol. The van der Waals surface area contributed by atoms with Crippen LogP contribution in [0.1, 0.15) is 5.69 Å². The zero-order valence-electron chi connectivity index (χ0n) is 8.27. The van der Waals surface area contributed by atoms with E-state index in [0.717, 1.165) is 5.69 Å². The normalized spacial score (nSPS) is 11.5. The summed E-state index contributed by atoms with van der Waals surface area (Å²) >= 11 is 11.9. The fourth-order valence-corrected chi connectivity index (χ4v) is 1.55. The monoisotopic (exact) mass is 250 g/mol. The third kappa shape index (κ3) is 2.81. The number of aliphatic imine (C=N–C) groups is 1. The van der Waals surface area contributed by atoms with Gasteiger partial charge >= 0.3 is 0 Å². The van der Waals surface area contributed by atoms with E-state index in [1.54, 1.807) is 18.3 Å². The molecule has 0 fully saturated rings. The summed E-state index contributed by atoms with van der Waals surface area (Å²) in [4.78, 5) is 8.32. The van der Waals surface area contributed by atoms with Gasteiger partial charge in [-0.2, -0.15) is 0 Å². The third-order valence-corrected chi connectivity index (χ3v) is 2.43. The van der Waals surface area contributed by atoms with E-state index in [0.29, 0.717) is 15.9 Å². The minimum Gasteiger partial charge on any atom is -0.254 e. The zero-order chi connectivity index (χ0) is 11.4. The average molecular weight is 251 g/mol. The number of para-hydroxylation sites is 1. The second-order valence-corrected chi connectivity index (χ2v) is 3.89. The molecule has 0 N–H and O–H groups in total. The largest absolute Gasteiger partial charge is 0.254 e. The summed E-state index contributed by atoms with van der Waals surface area (Å²) < 4.78 is 0. The molecule has 0 bridgehead atoms. The number of rotatable bonds is 2. The fourth-order valence-electron chi connectivity index (χ4n) is 1.19. The summed E-state index contributed by atoms with van der Waals surface area (Å²) in [5, 5.41) is 0.917. The second kappa shape index (κ2) is 5.10. The van der Waals surface area contributed by atoms with Gasteiger partial charge in [-0.3, -0.25) is 4.98 Å². The molecule has 0 aliphatic carbocycles. The number of hydrogen-bond donors (Lipinski definition) is 0. The summed E-state index contributed by atoms with van der Waals surface area (Å²) in [7, 11) is 0. The van der Waals surface area contributed by atoms with Gasteiger partial charge in [-0.1, -0.05) is 41.4 Å². The quantitative estimate of drug-likeness (QED) is 0.739. The fraction of sp³-hybridized carbons (Fsp3) is 0. The van der Waals surface area contributed by atoms with Crippen molar-refractivity contribution in [3.05, 3.63) is 59.4 Å². The summed E-state index contributed by atoms with van der Waals surface area (Å²) in [6.45, 7) is 0. The van der Waals surface area contributed by atoms with Gasteiger partial charge in [0.25, 0.3) is 0 Å². The summed E-state index contributed by atoms with van der Waals surface area (Å²) in [5.74, 6) is 0. The standard InChI is InChI=1S/C12H8Cl2N2/c13-9-6-7-15-11(8-9)12(14)16-10-4-2-1-3-5-10/h1-8H. The van der Waals surface area contributed by atoms with Crippen LogP contribution in [0.15, 0.2) is 53.7 Å². The molecule has 0 radical (unpaired) electrons. The molecule has 1 aromatic carbocycles. The number of nitrogens with zero attached hydrogens (tertiary/aromatic N) is 2. The van der Waals surface area contributed by atoms with Crippen molar-refractivity contribution in [3.8, 4) is 0 Å². The van der Waals surface area contributed by atoms with Crippen molar-refractivity contribution in [2.45, 2.75) is 0 Å². The average Bonchev–Trinajstić information content (AvgIpc) is 2.30. The molecule has 80 valence electrons. The first kappa shape index (κ1) is 11.1. The zero-order valence-corrected chi connectivity index (χ0v) is 9.78. The van der Waals surface area contributed by atoms with Gasteiger partial charge in [0.05, 0.1) is 5.69 Å². The highest BCUT2D eigenvalue weighted by molar-refractivity contribution is 6.69. The van der Waals surface area contributed by atoms with E-state index in [9.17, 15) is 0 Å². The van der Waals surface area contributed by atoms with Crippen molar-refractivity contribution < 1.29 is 0 Å². The number of aromatic nitrogens is 1. The first-order chi connectivity index (χ1) is 7.75. The van der Waals surface area contributed by atoms with Crippen LogP contribution in [0.2, 0.25) is 5.02 Å². The van der Waals surface area contributed by atoms with Crippen molar-refractivity contribution in [2.24, 2.45) is 4.99 Å². The molecule has 0 unspecified atom stereocenters. The van der Waals surface area contributed by atoms with E-state index < -0.39 is 0 Å². The number of pyridine rings is 1. The maximum atomic E-state index is 6.04. The molecule has 0 amide bonds. The van der Waals surface area contributed by atoms with Crippen molar-refractivity contribution in [2.75, 3.05) is 0 Å². The molecule has 0 aliphatic rings. The first-order valence-corrected chi connectivity index (χ1v) is 5.42. The summed E-state index contributed by atoms with van der Waals surface area (Å²) in [6, 6.07) is 12.8. The Bertz CT molecular complexity index is 509. The van der Waals surface area contributed by atoms with Gasteiger partial charge in [0, 0.05) is 11.2 Å². The molecular formula is C12H8Cl2N2. The Morgan fingerprint density at radius 1 is 1.12 bits per heavy atom. The van der Waals surface area contributed by atoms with Crippen LogP contribution < -0.4 is 0 Å². The first-order valence-electron chi connectivity index (χ1n) is 4.67. The van der Waals surface area contributed by atoms with Gasteiger partial charge in [-0.25, -0.2) is 4.99 Å². The van der Waals surface area contributed by atoms with Gasteiger partial charge in [0.1, 0.15) is 5.69 Å². The smallest absolute Gasteiger partial charge is 0.155 e. The maximum absolute atomic E-state index is 6.04. The molecule has 4 heteroatoms. The van der Waals surface area contributed by atoms with Crippen LogP contribution in [0.5, 0.6) is 0 Å². The molecule has 16 heavy (non-hydrogen) atoms. The highest BCUT2D eigenvalue weighted by Crippen LogP contribution is 2.16. The van der Waals surface area contributed by atoms with Crippen LogP contribution in [0.3, 0.4) is 0 Å². The van der Waals surface area contributed by atoms with Gasteiger partial charge in [-0.05, 0) is 24.3 Å². The molecule has 0 atom stereocenters. The predicted octanol–water partition coefficient (Wildman–Crippen LogP) is 4.05. The van der Waals surface area contributed by atoms with Crippen molar-refractivity contribution in [3.63, 3.8) is 0 Å². The molecule has 0 spiro atoms. The van der Waals surface area contributed by atoms with Gasteiger partial charge in [-0.15, -0.1) is 0 Å². The lowest BCUT2D eigenvalue weighted by Crippen LogP contribution is -1.94. The lowest BCUT2D eigenvalue weighted by atomic mass is 10.3. The highest BCUT2D eigenvalue weighted by Gasteiger charge is 2.02. The minimum absolute atomic E-state index is 0.328. The van der Waals surface area contributed by atoms with E-state index in [2.05, 4.69) is 9.98 Å². The van der Waals surface area contributed by atoms with E-state index >= 15 is 0 Å². The third-order valence-electron chi connectivity index (χ3n) is 1.92. The van der Waals surface area contributed by atoms with Gasteiger partial charge in [0.15, 0.2) is 5.17 Å². The van der Waals surface area contributed by atoms with E-state index in [4.69, 9.17) is 23.2 Å². The Morgan fingerprint density at radius 2 is 1.88 bits per heavy atom. The number of benzene rings is 1. The SMILES string of the molecule is ClC(=Nc1ccccc1)c1cc(Cl)ccn1. The minimum atomic E-state index is 0.328. The molecule has 2 nitrogen and oxygen atoms in total. The molecule has 2 rings (SSSR count). The van der Waals surface area contributed by atoms with Crippen molar-refractivity contribution in [1.29, 1.82) is 0 Å². The lowest BCUT2D eigenvalue weighted by Gasteiger charge is -1.98. The Labute approximate surface area is 104 Å². The van der Waals surface area contributed by atoms with Crippen LogP contribution in [0.25, 0.3) is 0 Å². The van der Waals surface area contributed by atoms with Crippen LogP contribution in [-0.4, -0.2) is 10.2 Å². The van der Waals surface area contributed by atoms with E-state index in [1.165, 1.54) is 0 Å². The Kier molecular flexibility index (Phi) is 3.54. The van der Waals surface area contributed by atoms with Crippen molar-refractivity contribution >= 4 is 34.1 Å². The Hall–Kier alpha value is -1.38. The molecule has 1 heterocycles. The second-order valence-electron chi connectivity index (χ2n) is 3.10. The van der Waals surface area contributed by atoms with Crippen LogP contribution in [0.4, 0.5) is 5.69 Å². The highest BCUT2D eigenvalue weighted by atomic mass is 35.5. The number of hydrogen-bond acceptors (Lipinski definition) is 2. The summed E-state index contributed by atoms with van der Waals surface area (Å²) in [6.07, 6.45) is 1.60. The Balaban J connectivity index is 2.32. The van der Waals surface area contributed by atoms with Gasteiger partial charge in [0.2, 0.25) is 0 Å². The molecule has 0 saturated carbocycles. The molecule has 0 saturated heterocycles. The van der Waals surface area contributed by atoms with Gasteiger partial charge < -0.3 is 0 Å². The molecular weight excluding hydrogens is 243 g/mol. The van der Waals surface area contributed by atoms with Crippen LogP contribution in [0, 0.1) is 0 Å². The summed E-state index contributed by atoms with van der Waals surface area (Å²) in [5.41, 5.74) is 1.35. The van der Waals surface area contributed by atoms with Crippen LogP contribution >= 0.6 is 23.2 Å². The van der Waals surface area contributed by atoms with Crippen LogP contribution in [-0.2, 0) is 0 Å². The van der Waals surface area contributed by atoms with Crippen molar-refractivity contribution in [1.82, 2.24) is 4.98 Å². The maximum Gasteiger partial charge on any atom is 0.155 e. The van der Waals surface area contributed by atoms with E-state index in [1.807, 2.05) is 30.3 Å². The number of halogens is 2. The Morgan fingerprint density at radius 3 is 2.56 bits per heavy atom. The topological polar surface area (TPSA) is 25.2 Å². The lowest BCUT2D eigenvalue weighted by molar-refractivity contribution is 1.29.